The number of pyridine rings is 1. The van der Waals surface area contributed by atoms with E-state index in [1.165, 1.54) is 23.3 Å². The first-order valence-electron chi connectivity index (χ1n) is 10.3. The van der Waals surface area contributed by atoms with Gasteiger partial charge in [-0.1, -0.05) is 30.3 Å². The molecule has 0 spiro atoms. The molecule has 0 saturated carbocycles. The highest BCUT2D eigenvalue weighted by Gasteiger charge is 2.23. The molecule has 1 heterocycles. The quantitative estimate of drug-likeness (QED) is 0.211. The summed E-state index contributed by atoms with van der Waals surface area (Å²) >= 11 is 0. The van der Waals surface area contributed by atoms with Crippen LogP contribution in [-0.4, -0.2) is 40.8 Å². The number of carbonyl (C=O) groups excluding carboxylic acids is 2. The number of ether oxygens (including phenoxy) is 2. The Hall–Kier alpha value is -3.82. The molecule has 0 N–H and O–H groups in total. The molecule has 0 amide bonds. The van der Waals surface area contributed by atoms with E-state index in [0.717, 1.165) is 5.56 Å². The summed E-state index contributed by atoms with van der Waals surface area (Å²) in [6.07, 6.45) is 1.96. The van der Waals surface area contributed by atoms with E-state index in [1.807, 2.05) is 30.3 Å². The molecular formula is C22H26N4O6. The second kappa shape index (κ2) is 12.8. The Morgan fingerprint density at radius 1 is 1.06 bits per heavy atom. The minimum atomic E-state index is -0.659. The second-order valence-electron chi connectivity index (χ2n) is 6.57. The maximum Gasteiger partial charge on any atom is 0.354 e. The summed E-state index contributed by atoms with van der Waals surface area (Å²) in [4.78, 5) is 39.3. The summed E-state index contributed by atoms with van der Waals surface area (Å²) < 4.78 is 10.0. The van der Waals surface area contributed by atoms with Gasteiger partial charge in [0.15, 0.2) is 0 Å². The van der Waals surface area contributed by atoms with Crippen LogP contribution in [0.15, 0.2) is 53.8 Å². The van der Waals surface area contributed by atoms with Gasteiger partial charge in [-0.15, -0.1) is 0 Å². The Labute approximate surface area is 186 Å². The van der Waals surface area contributed by atoms with Gasteiger partial charge in [0.25, 0.3) is 0 Å². The number of benzene rings is 1. The molecule has 1 aromatic carbocycles. The Morgan fingerprint density at radius 3 is 2.44 bits per heavy atom. The number of anilines is 1. The van der Waals surface area contributed by atoms with Crippen LogP contribution in [0.5, 0.6) is 0 Å². The van der Waals surface area contributed by atoms with E-state index in [1.54, 1.807) is 13.8 Å². The SMILES string of the molecule is CCOC(=O)CCC/C(=N/N(Cc1ccccc1)c1ncccc1[N+](=O)[O-])C(=O)OCC. The molecule has 0 radical (unpaired) electrons. The predicted molar refractivity (Wildman–Crippen MR) is 118 cm³/mol. The van der Waals surface area contributed by atoms with E-state index in [9.17, 15) is 19.7 Å². The smallest absolute Gasteiger partial charge is 0.354 e. The van der Waals surface area contributed by atoms with Gasteiger partial charge in [0.2, 0.25) is 5.82 Å². The Morgan fingerprint density at radius 2 is 1.78 bits per heavy atom. The molecule has 0 fully saturated rings. The van der Waals surface area contributed by atoms with Crippen molar-refractivity contribution in [3.8, 4) is 0 Å². The zero-order valence-corrected chi connectivity index (χ0v) is 18.1. The highest BCUT2D eigenvalue weighted by Crippen LogP contribution is 2.27. The lowest BCUT2D eigenvalue weighted by molar-refractivity contribution is -0.384. The highest BCUT2D eigenvalue weighted by molar-refractivity contribution is 6.36. The fraction of sp³-hybridized carbons (Fsp3) is 0.364. The molecule has 0 aliphatic carbocycles. The van der Waals surface area contributed by atoms with Crippen molar-refractivity contribution in [1.29, 1.82) is 0 Å². The third kappa shape index (κ3) is 7.46. The van der Waals surface area contributed by atoms with Gasteiger partial charge in [0.05, 0.1) is 24.7 Å². The molecule has 2 rings (SSSR count). The fourth-order valence-corrected chi connectivity index (χ4v) is 2.83. The lowest BCUT2D eigenvalue weighted by Gasteiger charge is -2.19. The third-order valence-electron chi connectivity index (χ3n) is 4.23. The largest absolute Gasteiger partial charge is 0.466 e. The molecule has 10 nitrogen and oxygen atoms in total. The van der Waals surface area contributed by atoms with Crippen molar-refractivity contribution in [2.45, 2.75) is 39.7 Å². The predicted octanol–water partition coefficient (Wildman–Crippen LogP) is 3.65. The van der Waals surface area contributed by atoms with Crippen LogP contribution in [0, 0.1) is 10.1 Å². The number of hydrogen-bond donors (Lipinski definition) is 0. The summed E-state index contributed by atoms with van der Waals surface area (Å²) in [6, 6.07) is 12.0. The summed E-state index contributed by atoms with van der Waals surface area (Å²) in [7, 11) is 0. The van der Waals surface area contributed by atoms with Crippen LogP contribution < -0.4 is 5.01 Å². The molecule has 0 atom stereocenters. The maximum atomic E-state index is 12.5. The van der Waals surface area contributed by atoms with Crippen LogP contribution in [0.3, 0.4) is 0 Å². The minimum Gasteiger partial charge on any atom is -0.466 e. The van der Waals surface area contributed by atoms with Crippen LogP contribution in [-0.2, 0) is 25.6 Å². The normalized spacial score (nSPS) is 11.0. The van der Waals surface area contributed by atoms with E-state index >= 15 is 0 Å². The van der Waals surface area contributed by atoms with Crippen LogP contribution in [0.25, 0.3) is 0 Å². The summed E-state index contributed by atoms with van der Waals surface area (Å²) in [5.41, 5.74) is 0.597. The Kier molecular flexibility index (Phi) is 9.76. The summed E-state index contributed by atoms with van der Waals surface area (Å²) in [5.74, 6) is -1.04. The van der Waals surface area contributed by atoms with E-state index < -0.39 is 10.9 Å². The minimum absolute atomic E-state index is 0.00598. The van der Waals surface area contributed by atoms with E-state index in [-0.39, 0.29) is 55.8 Å². The monoisotopic (exact) mass is 442 g/mol. The average molecular weight is 442 g/mol. The van der Waals surface area contributed by atoms with Crippen molar-refractivity contribution in [2.75, 3.05) is 18.2 Å². The molecule has 10 heteroatoms. The number of rotatable bonds is 12. The standard InChI is InChI=1S/C22H26N4O6/c1-3-31-20(27)14-8-12-18(22(28)32-4-2)24-25(16-17-10-6-5-7-11-17)21-19(26(29)30)13-9-15-23-21/h5-7,9-11,13,15H,3-4,8,12,14,16H2,1-2H3/b24-18-. The van der Waals surface area contributed by atoms with Gasteiger partial charge in [0, 0.05) is 18.7 Å². The van der Waals surface area contributed by atoms with Gasteiger partial charge in [-0.3, -0.25) is 14.9 Å². The number of carbonyl (C=O) groups is 2. The van der Waals surface area contributed by atoms with Crippen LogP contribution in [0.2, 0.25) is 0 Å². The lowest BCUT2D eigenvalue weighted by atomic mass is 10.1. The zero-order chi connectivity index (χ0) is 23.3. The van der Waals surface area contributed by atoms with E-state index in [4.69, 9.17) is 9.47 Å². The summed E-state index contributed by atoms with van der Waals surface area (Å²) in [6.45, 7) is 3.92. The van der Waals surface area contributed by atoms with Crippen LogP contribution in [0.4, 0.5) is 11.5 Å². The Bertz CT molecular complexity index is 948. The molecule has 0 saturated heterocycles. The van der Waals surface area contributed by atoms with Gasteiger partial charge in [-0.2, -0.15) is 5.10 Å². The molecule has 170 valence electrons. The number of nitrogens with zero attached hydrogens (tertiary/aromatic N) is 4. The number of aromatic nitrogens is 1. The first kappa shape index (κ1) is 24.4. The molecule has 0 aliphatic heterocycles. The van der Waals surface area contributed by atoms with Crippen molar-refractivity contribution >= 4 is 29.2 Å². The van der Waals surface area contributed by atoms with Gasteiger partial charge < -0.3 is 9.47 Å². The van der Waals surface area contributed by atoms with Crippen LogP contribution in [0.1, 0.15) is 38.7 Å². The lowest BCUT2D eigenvalue weighted by Crippen LogP contribution is -2.26. The Balaban J connectivity index is 2.41. The first-order chi connectivity index (χ1) is 15.5. The van der Waals surface area contributed by atoms with Gasteiger partial charge in [-0.05, 0) is 38.3 Å². The fourth-order valence-electron chi connectivity index (χ4n) is 2.83. The molecule has 0 bridgehead atoms. The first-order valence-corrected chi connectivity index (χ1v) is 10.3. The van der Waals surface area contributed by atoms with E-state index in [0.29, 0.717) is 6.42 Å². The third-order valence-corrected chi connectivity index (χ3v) is 4.23. The topological polar surface area (TPSA) is 124 Å². The van der Waals surface area contributed by atoms with Crippen molar-refractivity contribution in [3.63, 3.8) is 0 Å². The molecular weight excluding hydrogens is 416 g/mol. The maximum absolute atomic E-state index is 12.5. The summed E-state index contributed by atoms with van der Waals surface area (Å²) in [5, 5.41) is 17.3. The molecule has 1 aromatic heterocycles. The number of hydrazone groups is 1. The molecule has 2 aromatic rings. The van der Waals surface area contributed by atoms with E-state index in [2.05, 4.69) is 10.1 Å². The van der Waals surface area contributed by atoms with Crippen molar-refractivity contribution in [1.82, 2.24) is 4.98 Å². The van der Waals surface area contributed by atoms with Gasteiger partial charge in [0.1, 0.15) is 5.71 Å². The second-order valence-corrected chi connectivity index (χ2v) is 6.57. The number of nitro groups is 1. The molecule has 32 heavy (non-hydrogen) atoms. The van der Waals surface area contributed by atoms with Crippen LogP contribution >= 0.6 is 0 Å². The number of esters is 2. The average Bonchev–Trinajstić information content (AvgIpc) is 2.78. The number of hydrogen-bond acceptors (Lipinski definition) is 9. The van der Waals surface area contributed by atoms with Crippen molar-refractivity contribution in [2.24, 2.45) is 5.10 Å². The molecule has 0 unspecified atom stereocenters. The zero-order valence-electron chi connectivity index (χ0n) is 18.1. The highest BCUT2D eigenvalue weighted by atomic mass is 16.6. The van der Waals surface area contributed by atoms with Gasteiger partial charge in [-0.25, -0.2) is 14.8 Å². The van der Waals surface area contributed by atoms with Crippen molar-refractivity contribution in [3.05, 3.63) is 64.3 Å². The molecule has 0 aliphatic rings. The van der Waals surface area contributed by atoms with Gasteiger partial charge >= 0.3 is 17.6 Å². The van der Waals surface area contributed by atoms with Crippen molar-refractivity contribution < 1.29 is 24.0 Å².